The van der Waals surface area contributed by atoms with E-state index in [1.165, 1.54) is 26.4 Å². The molecule has 0 saturated heterocycles. The molecule has 1 aromatic heterocycles. The van der Waals surface area contributed by atoms with Crippen LogP contribution in [0, 0.1) is 34.5 Å². The lowest BCUT2D eigenvalue weighted by molar-refractivity contribution is -0.164. The molecular formula is C42H59NO8. The number of fused-ring (bicyclic) bond motifs is 5. The molecular weight excluding hydrogens is 646 g/mol. The second-order valence-electron chi connectivity index (χ2n) is 17.3. The van der Waals surface area contributed by atoms with Crippen LogP contribution in [0.5, 0.6) is 11.8 Å². The molecule has 4 fully saturated rings. The molecule has 0 aliphatic heterocycles. The minimum absolute atomic E-state index is 0.00309. The van der Waals surface area contributed by atoms with Crippen molar-refractivity contribution in [2.24, 2.45) is 34.5 Å². The first kappa shape index (κ1) is 37.3. The van der Waals surface area contributed by atoms with Crippen LogP contribution < -0.4 is 0 Å². The molecule has 2 bridgehead atoms. The van der Waals surface area contributed by atoms with Gasteiger partial charge in [0, 0.05) is 17.2 Å². The van der Waals surface area contributed by atoms with Gasteiger partial charge in [-0.25, -0.2) is 0 Å². The summed E-state index contributed by atoms with van der Waals surface area (Å²) in [5.74, 6) is 0.390. The molecule has 2 N–H and O–H groups in total. The zero-order chi connectivity index (χ0) is 36.7. The second kappa shape index (κ2) is 14.5. The van der Waals surface area contributed by atoms with Crippen LogP contribution in [0.25, 0.3) is 0 Å². The van der Waals surface area contributed by atoms with Crippen LogP contribution in [0.15, 0.2) is 30.3 Å². The van der Waals surface area contributed by atoms with Gasteiger partial charge in [0.1, 0.15) is 12.7 Å². The Morgan fingerprint density at radius 3 is 2.18 bits per heavy atom. The lowest BCUT2D eigenvalue weighted by Crippen LogP contribution is -2.45. The molecule has 51 heavy (non-hydrogen) atoms. The van der Waals surface area contributed by atoms with Gasteiger partial charge in [0.2, 0.25) is 0 Å². The van der Waals surface area contributed by atoms with Crippen LogP contribution in [0.4, 0.5) is 0 Å². The quantitative estimate of drug-likeness (QED) is 0.158. The third kappa shape index (κ3) is 6.91. The molecule has 280 valence electrons. The van der Waals surface area contributed by atoms with Crippen molar-refractivity contribution >= 4 is 17.9 Å². The molecule has 7 atom stereocenters. The fourth-order valence-electron chi connectivity index (χ4n) is 10.5. The lowest BCUT2D eigenvalue weighted by atomic mass is 9.66. The van der Waals surface area contributed by atoms with Gasteiger partial charge in [-0.3, -0.25) is 19.0 Å². The number of hydrogen-bond acceptors (Lipinski definition) is 8. The van der Waals surface area contributed by atoms with Crippen molar-refractivity contribution in [2.45, 2.75) is 142 Å². The molecule has 4 aliphatic rings. The summed E-state index contributed by atoms with van der Waals surface area (Å²) in [4.78, 5) is 42.1. The minimum Gasteiger partial charge on any atom is -0.494 e. The SMILES string of the molecule is CCC(C)(CC(C)(C(=O)OC1CC2CC1C1CCCC21)c1c(CC(C)(C)C(=O)OCc2ccccc2)c(O)n(C2CCCCC2)c1O)C(=O)OC. The predicted molar refractivity (Wildman–Crippen MR) is 193 cm³/mol. The molecule has 0 spiro atoms. The molecule has 0 radical (unpaired) electrons. The number of hydrogen-bond donors (Lipinski definition) is 2. The van der Waals surface area contributed by atoms with Crippen LogP contribution in [0.2, 0.25) is 0 Å². The molecule has 6 rings (SSSR count). The van der Waals surface area contributed by atoms with Gasteiger partial charge in [-0.2, -0.15) is 0 Å². The van der Waals surface area contributed by atoms with Crippen LogP contribution in [0.1, 0.15) is 134 Å². The summed E-state index contributed by atoms with van der Waals surface area (Å²) in [6, 6.07) is 9.27. The van der Waals surface area contributed by atoms with Crippen molar-refractivity contribution in [3.05, 3.63) is 47.0 Å². The van der Waals surface area contributed by atoms with Gasteiger partial charge in [0.25, 0.3) is 0 Å². The number of ether oxygens (including phenoxy) is 3. The maximum atomic E-state index is 15.0. The number of nitrogens with zero attached hydrogens (tertiary/aromatic N) is 1. The molecule has 9 nitrogen and oxygen atoms in total. The Labute approximate surface area is 303 Å². The first-order valence-electron chi connectivity index (χ1n) is 19.4. The molecule has 4 aliphatic carbocycles. The van der Waals surface area contributed by atoms with Gasteiger partial charge >= 0.3 is 17.9 Å². The van der Waals surface area contributed by atoms with Crippen LogP contribution in [-0.4, -0.2) is 45.9 Å². The van der Waals surface area contributed by atoms with Crippen molar-refractivity contribution in [1.29, 1.82) is 0 Å². The van der Waals surface area contributed by atoms with E-state index in [0.717, 1.165) is 56.4 Å². The monoisotopic (exact) mass is 705 g/mol. The largest absolute Gasteiger partial charge is 0.494 e. The van der Waals surface area contributed by atoms with Gasteiger partial charge in [-0.05, 0) is 115 Å². The van der Waals surface area contributed by atoms with E-state index in [1.54, 1.807) is 32.3 Å². The molecule has 1 aromatic carbocycles. The second-order valence-corrected chi connectivity index (χ2v) is 17.3. The van der Waals surface area contributed by atoms with Gasteiger partial charge in [0.15, 0.2) is 11.8 Å². The van der Waals surface area contributed by atoms with E-state index in [-0.39, 0.29) is 48.9 Å². The molecule has 4 saturated carbocycles. The number of carbonyl (C=O) groups excluding carboxylic acids is 3. The highest BCUT2D eigenvalue weighted by Crippen LogP contribution is 2.60. The molecule has 1 heterocycles. The van der Waals surface area contributed by atoms with Crippen molar-refractivity contribution in [3.8, 4) is 11.8 Å². The predicted octanol–water partition coefficient (Wildman–Crippen LogP) is 8.32. The first-order chi connectivity index (χ1) is 24.2. The minimum atomic E-state index is -1.56. The van der Waals surface area contributed by atoms with Crippen molar-refractivity contribution in [1.82, 2.24) is 4.57 Å². The third-order valence-electron chi connectivity index (χ3n) is 13.4. The Morgan fingerprint density at radius 2 is 1.51 bits per heavy atom. The average Bonchev–Trinajstić information content (AvgIpc) is 3.89. The van der Waals surface area contributed by atoms with Gasteiger partial charge in [-0.15, -0.1) is 0 Å². The zero-order valence-corrected chi connectivity index (χ0v) is 31.5. The van der Waals surface area contributed by atoms with Crippen molar-refractivity contribution < 1.29 is 38.8 Å². The molecule has 9 heteroatoms. The van der Waals surface area contributed by atoms with Crippen LogP contribution >= 0.6 is 0 Å². The Balaban J connectivity index is 1.42. The number of aromatic hydroxyl groups is 2. The molecule has 2 aromatic rings. The highest BCUT2D eigenvalue weighted by molar-refractivity contribution is 5.87. The Morgan fingerprint density at radius 1 is 0.824 bits per heavy atom. The van der Waals surface area contributed by atoms with E-state index in [4.69, 9.17) is 14.2 Å². The fourth-order valence-corrected chi connectivity index (χ4v) is 10.5. The lowest BCUT2D eigenvalue weighted by Gasteiger charge is -2.39. The smallest absolute Gasteiger partial charge is 0.316 e. The third-order valence-corrected chi connectivity index (χ3v) is 13.4. The summed E-state index contributed by atoms with van der Waals surface area (Å²) in [5, 5.41) is 24.5. The van der Waals surface area contributed by atoms with Crippen LogP contribution in [0.3, 0.4) is 0 Å². The van der Waals surface area contributed by atoms with E-state index in [9.17, 15) is 24.6 Å². The number of rotatable bonds is 13. The molecule has 0 amide bonds. The summed E-state index contributed by atoms with van der Waals surface area (Å²) in [5.41, 5.74) is -2.42. The number of aromatic nitrogens is 1. The maximum Gasteiger partial charge on any atom is 0.316 e. The number of esters is 3. The van der Waals surface area contributed by atoms with Gasteiger partial charge in [0.05, 0.1) is 23.4 Å². The Hall–Kier alpha value is -3.49. The number of carbonyl (C=O) groups is 3. The van der Waals surface area contributed by atoms with E-state index >= 15 is 0 Å². The van der Waals surface area contributed by atoms with Gasteiger partial charge in [-0.1, -0.05) is 62.9 Å². The summed E-state index contributed by atoms with van der Waals surface area (Å²) in [6.07, 6.45) is 10.2. The molecule has 7 unspecified atom stereocenters. The van der Waals surface area contributed by atoms with Crippen molar-refractivity contribution in [2.75, 3.05) is 7.11 Å². The Kier molecular flexibility index (Phi) is 10.6. The van der Waals surface area contributed by atoms with E-state index in [0.29, 0.717) is 29.7 Å². The van der Waals surface area contributed by atoms with Gasteiger partial charge < -0.3 is 24.4 Å². The standard InChI is InChI=1S/C42H59NO8/c1-7-41(4,38(47)49-6)25-42(5,39(48)51-33-22-27-21-31(33)30-20-14-19-29(27)30)34-32(35(44)43(36(34)45)28-17-12-9-13-18-28)23-40(2,3)37(46)50-24-26-15-10-8-11-16-26/h8,10-11,15-16,27-31,33,44-45H,7,9,12-14,17-25H2,1-6H3. The summed E-state index contributed by atoms with van der Waals surface area (Å²) in [7, 11) is 1.34. The normalized spacial score (nSPS) is 27.0. The fraction of sp³-hybridized carbons (Fsp3) is 0.690. The van der Waals surface area contributed by atoms with Crippen molar-refractivity contribution in [3.63, 3.8) is 0 Å². The highest BCUT2D eigenvalue weighted by atomic mass is 16.5. The van der Waals surface area contributed by atoms with E-state index < -0.39 is 34.2 Å². The number of methoxy groups -OCH3 is 1. The first-order valence-corrected chi connectivity index (χ1v) is 19.4. The summed E-state index contributed by atoms with van der Waals surface area (Å²) < 4.78 is 19.2. The van der Waals surface area contributed by atoms with Crippen LogP contribution in [-0.2, 0) is 47.0 Å². The highest BCUT2D eigenvalue weighted by Gasteiger charge is 2.57. The summed E-state index contributed by atoms with van der Waals surface area (Å²) in [6.45, 7) is 9.01. The topological polar surface area (TPSA) is 124 Å². The van der Waals surface area contributed by atoms with E-state index in [1.807, 2.05) is 37.3 Å². The van der Waals surface area contributed by atoms with E-state index in [2.05, 4.69) is 0 Å². The Bertz CT molecular complexity index is 1590. The average molecular weight is 706 g/mol. The maximum absolute atomic E-state index is 15.0. The summed E-state index contributed by atoms with van der Waals surface area (Å²) >= 11 is 0. The zero-order valence-electron chi connectivity index (χ0n) is 31.5. The number of benzene rings is 1.